The quantitative estimate of drug-likeness (QED) is 0.785. The predicted octanol–water partition coefficient (Wildman–Crippen LogP) is 3.05. The molecule has 2 atom stereocenters. The Kier molecular flexibility index (Phi) is 6.23. The molecule has 2 unspecified atom stereocenters. The Morgan fingerprint density at radius 2 is 1.88 bits per heavy atom. The van der Waals surface area contributed by atoms with Crippen molar-refractivity contribution in [1.29, 1.82) is 0 Å². The van der Waals surface area contributed by atoms with Gasteiger partial charge in [0.25, 0.3) is 0 Å². The third-order valence-corrected chi connectivity index (χ3v) is 3.37. The Labute approximate surface area is 106 Å². The van der Waals surface area contributed by atoms with Gasteiger partial charge in [0.05, 0.1) is 0 Å². The van der Waals surface area contributed by atoms with Crippen molar-refractivity contribution >= 4 is 0 Å². The zero-order valence-corrected chi connectivity index (χ0v) is 11.4. The van der Waals surface area contributed by atoms with Crippen LogP contribution in [-0.2, 0) is 0 Å². The van der Waals surface area contributed by atoms with Gasteiger partial charge in [-0.3, -0.25) is 0 Å². The summed E-state index contributed by atoms with van der Waals surface area (Å²) in [6, 6.07) is 10.5. The van der Waals surface area contributed by atoms with Crippen LogP contribution in [0.2, 0.25) is 0 Å². The first-order chi connectivity index (χ1) is 8.13. The van der Waals surface area contributed by atoms with Crippen molar-refractivity contribution in [2.24, 2.45) is 11.7 Å². The Balaban J connectivity index is 2.31. The number of benzene rings is 1. The number of rotatable bonds is 7. The van der Waals surface area contributed by atoms with Crippen molar-refractivity contribution < 1.29 is 0 Å². The normalized spacial score (nSPS) is 14.9. The minimum atomic E-state index is 0.163. The maximum Gasteiger partial charge on any atom is 0.0307 e. The van der Waals surface area contributed by atoms with Gasteiger partial charge in [-0.2, -0.15) is 0 Å². The van der Waals surface area contributed by atoms with Gasteiger partial charge in [-0.05, 0) is 31.5 Å². The molecule has 0 spiro atoms. The Hall–Kier alpha value is -0.860. The monoisotopic (exact) mass is 234 g/mol. The zero-order valence-electron chi connectivity index (χ0n) is 11.4. The second-order valence-corrected chi connectivity index (χ2v) is 5.08. The molecule has 2 nitrogen and oxygen atoms in total. The average molecular weight is 234 g/mol. The highest BCUT2D eigenvalue weighted by atomic mass is 15.1. The Bertz CT molecular complexity index is 297. The molecule has 0 aromatic heterocycles. The number of nitrogens with zero attached hydrogens (tertiary/aromatic N) is 1. The molecule has 0 amide bonds. The van der Waals surface area contributed by atoms with E-state index in [2.05, 4.69) is 50.1 Å². The lowest BCUT2D eigenvalue weighted by atomic mass is 10.0. The average Bonchev–Trinajstić information content (AvgIpc) is 2.36. The highest BCUT2D eigenvalue weighted by Gasteiger charge is 2.08. The summed E-state index contributed by atoms with van der Waals surface area (Å²) in [5.41, 5.74) is 7.42. The predicted molar refractivity (Wildman–Crippen MR) is 74.9 cm³/mol. The Morgan fingerprint density at radius 3 is 2.47 bits per heavy atom. The molecule has 0 aliphatic heterocycles. The molecule has 0 saturated heterocycles. The van der Waals surface area contributed by atoms with Crippen LogP contribution in [0.1, 0.15) is 38.3 Å². The minimum Gasteiger partial charge on any atom is -0.324 e. The van der Waals surface area contributed by atoms with Crippen molar-refractivity contribution in [3.05, 3.63) is 35.9 Å². The first kappa shape index (κ1) is 14.2. The SMILES string of the molecule is CCC(C)CN(C)CCC(N)c1ccccc1. The van der Waals surface area contributed by atoms with Crippen molar-refractivity contribution in [3.63, 3.8) is 0 Å². The maximum atomic E-state index is 6.18. The smallest absolute Gasteiger partial charge is 0.0307 e. The fraction of sp³-hybridized carbons (Fsp3) is 0.600. The van der Waals surface area contributed by atoms with Crippen LogP contribution in [0.15, 0.2) is 30.3 Å². The molecule has 1 aromatic rings. The van der Waals surface area contributed by atoms with E-state index >= 15 is 0 Å². The van der Waals surface area contributed by atoms with Crippen molar-refractivity contribution in [3.8, 4) is 0 Å². The van der Waals surface area contributed by atoms with Crippen LogP contribution in [0.4, 0.5) is 0 Å². The molecular weight excluding hydrogens is 208 g/mol. The molecule has 0 aliphatic carbocycles. The summed E-state index contributed by atoms with van der Waals surface area (Å²) >= 11 is 0. The molecular formula is C15H26N2. The van der Waals surface area contributed by atoms with Gasteiger partial charge in [0, 0.05) is 12.6 Å². The molecule has 0 radical (unpaired) electrons. The van der Waals surface area contributed by atoms with E-state index in [1.54, 1.807) is 0 Å². The lowest BCUT2D eigenvalue weighted by Crippen LogP contribution is -2.27. The van der Waals surface area contributed by atoms with E-state index in [1.807, 2.05) is 6.07 Å². The molecule has 0 fully saturated rings. The number of hydrogen-bond donors (Lipinski definition) is 1. The molecule has 1 aromatic carbocycles. The first-order valence-corrected chi connectivity index (χ1v) is 6.62. The summed E-state index contributed by atoms with van der Waals surface area (Å²) < 4.78 is 0. The highest BCUT2D eigenvalue weighted by molar-refractivity contribution is 5.18. The van der Waals surface area contributed by atoms with E-state index in [9.17, 15) is 0 Å². The molecule has 96 valence electrons. The van der Waals surface area contributed by atoms with E-state index in [0.717, 1.165) is 25.4 Å². The van der Waals surface area contributed by atoms with Crippen molar-refractivity contribution in [2.45, 2.75) is 32.7 Å². The summed E-state index contributed by atoms with van der Waals surface area (Å²) in [5, 5.41) is 0. The van der Waals surface area contributed by atoms with Gasteiger partial charge in [0.15, 0.2) is 0 Å². The maximum absolute atomic E-state index is 6.18. The first-order valence-electron chi connectivity index (χ1n) is 6.62. The molecule has 0 bridgehead atoms. The third-order valence-electron chi connectivity index (χ3n) is 3.37. The van der Waals surface area contributed by atoms with Crippen molar-refractivity contribution in [2.75, 3.05) is 20.1 Å². The van der Waals surface area contributed by atoms with Crippen LogP contribution >= 0.6 is 0 Å². The van der Waals surface area contributed by atoms with Crippen LogP contribution in [-0.4, -0.2) is 25.0 Å². The zero-order chi connectivity index (χ0) is 12.7. The molecule has 1 rings (SSSR count). The van der Waals surface area contributed by atoms with Crippen LogP contribution in [0.25, 0.3) is 0 Å². The summed E-state index contributed by atoms with van der Waals surface area (Å²) in [6.07, 6.45) is 2.27. The fourth-order valence-corrected chi connectivity index (χ4v) is 1.98. The van der Waals surface area contributed by atoms with Crippen molar-refractivity contribution in [1.82, 2.24) is 4.90 Å². The van der Waals surface area contributed by atoms with Gasteiger partial charge in [-0.15, -0.1) is 0 Å². The van der Waals surface area contributed by atoms with E-state index in [4.69, 9.17) is 5.73 Å². The fourth-order valence-electron chi connectivity index (χ4n) is 1.98. The molecule has 2 heteroatoms. The lowest BCUT2D eigenvalue weighted by molar-refractivity contribution is 0.272. The van der Waals surface area contributed by atoms with Crippen LogP contribution in [0, 0.1) is 5.92 Å². The lowest BCUT2D eigenvalue weighted by Gasteiger charge is -2.22. The van der Waals surface area contributed by atoms with Gasteiger partial charge in [-0.25, -0.2) is 0 Å². The number of nitrogens with two attached hydrogens (primary N) is 1. The third kappa shape index (κ3) is 5.33. The molecule has 0 saturated carbocycles. The Morgan fingerprint density at radius 1 is 1.24 bits per heavy atom. The second kappa shape index (κ2) is 7.46. The molecule has 0 aliphatic rings. The largest absolute Gasteiger partial charge is 0.324 e. The van der Waals surface area contributed by atoms with Crippen LogP contribution in [0.5, 0.6) is 0 Å². The standard InChI is InChI=1S/C15H26N2/c1-4-13(2)12-17(3)11-10-15(16)14-8-6-5-7-9-14/h5-9,13,15H,4,10-12,16H2,1-3H3. The molecule has 0 heterocycles. The van der Waals surface area contributed by atoms with Gasteiger partial charge < -0.3 is 10.6 Å². The van der Waals surface area contributed by atoms with Gasteiger partial charge in [0.1, 0.15) is 0 Å². The summed E-state index contributed by atoms with van der Waals surface area (Å²) in [5.74, 6) is 0.771. The molecule has 2 N–H and O–H groups in total. The second-order valence-electron chi connectivity index (χ2n) is 5.08. The summed E-state index contributed by atoms with van der Waals surface area (Å²) in [7, 11) is 2.18. The minimum absolute atomic E-state index is 0.163. The highest BCUT2D eigenvalue weighted by Crippen LogP contribution is 2.14. The van der Waals surface area contributed by atoms with Gasteiger partial charge >= 0.3 is 0 Å². The topological polar surface area (TPSA) is 29.3 Å². The summed E-state index contributed by atoms with van der Waals surface area (Å²) in [6.45, 7) is 6.78. The van der Waals surface area contributed by atoms with E-state index in [1.165, 1.54) is 12.0 Å². The molecule has 17 heavy (non-hydrogen) atoms. The van der Waals surface area contributed by atoms with E-state index in [0.29, 0.717) is 0 Å². The van der Waals surface area contributed by atoms with E-state index < -0.39 is 0 Å². The van der Waals surface area contributed by atoms with Crippen LogP contribution < -0.4 is 5.73 Å². The van der Waals surface area contributed by atoms with Crippen LogP contribution in [0.3, 0.4) is 0 Å². The van der Waals surface area contributed by atoms with Gasteiger partial charge in [0.2, 0.25) is 0 Å². The van der Waals surface area contributed by atoms with Gasteiger partial charge in [-0.1, -0.05) is 50.6 Å². The number of hydrogen-bond acceptors (Lipinski definition) is 2. The summed E-state index contributed by atoms with van der Waals surface area (Å²) in [4.78, 5) is 2.39. The van der Waals surface area contributed by atoms with E-state index in [-0.39, 0.29) is 6.04 Å².